The number of rotatable bonds is 1. The summed E-state index contributed by atoms with van der Waals surface area (Å²) in [5.74, 6) is -0.143. The molecule has 130 valence electrons. The number of hydrogen-bond donors (Lipinski definition) is 0. The minimum absolute atomic E-state index is 0.0000192. The van der Waals surface area contributed by atoms with Gasteiger partial charge >= 0.3 is 0 Å². The predicted octanol–water partition coefficient (Wildman–Crippen LogP) is 4.97. The zero-order chi connectivity index (χ0) is 17.8. The van der Waals surface area contributed by atoms with Crippen molar-refractivity contribution in [2.24, 2.45) is 0 Å². The van der Waals surface area contributed by atoms with Crippen molar-refractivity contribution >= 4 is 17.5 Å². The van der Waals surface area contributed by atoms with Gasteiger partial charge in [-0.1, -0.05) is 42.8 Å². The summed E-state index contributed by atoms with van der Waals surface area (Å²) in [4.78, 5) is 14.0. The van der Waals surface area contributed by atoms with Crippen LogP contribution in [0.15, 0.2) is 36.4 Å². The third-order valence-corrected chi connectivity index (χ3v) is 6.42. The van der Waals surface area contributed by atoms with E-state index in [0.717, 1.165) is 30.4 Å². The SMILES string of the molecule is CN1C(=O)CC[C@]2(C)c3ccc(-c4ccc(Cl)c(F)c4)cc3CC[C@@H]12. The maximum atomic E-state index is 13.8. The Kier molecular flexibility index (Phi) is 3.88. The summed E-state index contributed by atoms with van der Waals surface area (Å²) in [6, 6.07) is 11.6. The van der Waals surface area contributed by atoms with Crippen LogP contribution in [-0.2, 0) is 16.6 Å². The minimum atomic E-state index is -0.392. The summed E-state index contributed by atoms with van der Waals surface area (Å²) in [6.07, 6.45) is 3.41. The van der Waals surface area contributed by atoms with Gasteiger partial charge in [0, 0.05) is 24.9 Å². The Labute approximate surface area is 152 Å². The molecule has 2 aromatic rings. The van der Waals surface area contributed by atoms with Crippen LogP contribution in [0.1, 0.15) is 37.3 Å². The molecule has 0 N–H and O–H groups in total. The van der Waals surface area contributed by atoms with Crippen molar-refractivity contribution in [3.8, 4) is 11.1 Å². The molecule has 2 aromatic carbocycles. The van der Waals surface area contributed by atoms with Crippen LogP contribution in [0.4, 0.5) is 4.39 Å². The van der Waals surface area contributed by atoms with Gasteiger partial charge in [-0.05, 0) is 53.6 Å². The molecule has 1 amide bonds. The van der Waals surface area contributed by atoms with Crippen LogP contribution < -0.4 is 0 Å². The maximum Gasteiger partial charge on any atom is 0.222 e. The lowest BCUT2D eigenvalue weighted by Crippen LogP contribution is -2.56. The zero-order valence-electron chi connectivity index (χ0n) is 14.5. The smallest absolute Gasteiger partial charge is 0.222 e. The molecule has 1 aliphatic carbocycles. The van der Waals surface area contributed by atoms with Gasteiger partial charge in [-0.2, -0.15) is 0 Å². The molecule has 1 aliphatic heterocycles. The number of aryl methyl sites for hydroxylation is 1. The molecule has 4 rings (SSSR count). The van der Waals surface area contributed by atoms with Crippen molar-refractivity contribution in [1.29, 1.82) is 0 Å². The highest BCUT2D eigenvalue weighted by atomic mass is 35.5. The summed E-state index contributed by atoms with van der Waals surface area (Å²) < 4.78 is 13.8. The lowest BCUT2D eigenvalue weighted by atomic mass is 9.63. The molecule has 25 heavy (non-hydrogen) atoms. The van der Waals surface area contributed by atoms with Gasteiger partial charge in [0.1, 0.15) is 5.82 Å². The van der Waals surface area contributed by atoms with Gasteiger partial charge in [0.05, 0.1) is 5.02 Å². The number of nitrogens with zero attached hydrogens (tertiary/aromatic N) is 1. The molecule has 0 bridgehead atoms. The van der Waals surface area contributed by atoms with E-state index in [0.29, 0.717) is 6.42 Å². The van der Waals surface area contributed by atoms with E-state index in [1.54, 1.807) is 6.07 Å². The zero-order valence-corrected chi connectivity index (χ0v) is 15.2. The van der Waals surface area contributed by atoms with Crippen molar-refractivity contribution in [3.63, 3.8) is 0 Å². The first-order valence-electron chi connectivity index (χ1n) is 8.74. The van der Waals surface area contributed by atoms with Crippen molar-refractivity contribution < 1.29 is 9.18 Å². The van der Waals surface area contributed by atoms with Gasteiger partial charge < -0.3 is 4.90 Å². The van der Waals surface area contributed by atoms with Gasteiger partial charge in [0.15, 0.2) is 0 Å². The number of piperidine rings is 1. The van der Waals surface area contributed by atoms with Crippen LogP contribution in [0.2, 0.25) is 5.02 Å². The number of halogens is 2. The highest BCUT2D eigenvalue weighted by Gasteiger charge is 2.46. The molecule has 0 aromatic heterocycles. The van der Waals surface area contributed by atoms with E-state index in [-0.39, 0.29) is 22.4 Å². The number of likely N-dealkylation sites (tertiary alicyclic amines) is 1. The van der Waals surface area contributed by atoms with E-state index in [2.05, 4.69) is 25.1 Å². The average Bonchev–Trinajstić information content (AvgIpc) is 2.60. The minimum Gasteiger partial charge on any atom is -0.342 e. The molecule has 0 radical (unpaired) electrons. The van der Waals surface area contributed by atoms with Gasteiger partial charge in [-0.15, -0.1) is 0 Å². The summed E-state index contributed by atoms with van der Waals surface area (Å²) in [5, 5.41) is 0.145. The standard InChI is InChI=1S/C21H21ClFNO/c1-21-10-9-20(25)24(2)19(21)8-5-15-11-13(3-6-16(15)21)14-4-7-17(22)18(23)12-14/h3-4,6-7,11-12,19H,5,8-10H2,1-2H3/t19-,21-/m1/s1. The van der Waals surface area contributed by atoms with Crippen LogP contribution in [-0.4, -0.2) is 23.9 Å². The van der Waals surface area contributed by atoms with E-state index in [1.165, 1.54) is 17.2 Å². The van der Waals surface area contributed by atoms with Crippen molar-refractivity contribution in [3.05, 3.63) is 58.4 Å². The molecule has 1 heterocycles. The van der Waals surface area contributed by atoms with Crippen molar-refractivity contribution in [2.75, 3.05) is 7.05 Å². The molecule has 4 heteroatoms. The first kappa shape index (κ1) is 16.6. The first-order valence-corrected chi connectivity index (χ1v) is 9.12. The second kappa shape index (κ2) is 5.84. The number of benzene rings is 2. The molecule has 0 spiro atoms. The van der Waals surface area contributed by atoms with Crippen LogP contribution in [0.5, 0.6) is 0 Å². The van der Waals surface area contributed by atoms with Crippen LogP contribution in [0.25, 0.3) is 11.1 Å². The topological polar surface area (TPSA) is 20.3 Å². The fraction of sp³-hybridized carbons (Fsp3) is 0.381. The molecule has 2 nitrogen and oxygen atoms in total. The second-order valence-electron chi connectivity index (χ2n) is 7.48. The van der Waals surface area contributed by atoms with Gasteiger partial charge in [-0.25, -0.2) is 4.39 Å². The van der Waals surface area contributed by atoms with E-state index in [4.69, 9.17) is 11.6 Å². The summed E-state index contributed by atoms with van der Waals surface area (Å²) in [5.41, 5.74) is 4.50. The molecule has 1 fully saturated rings. The molecule has 2 aliphatic rings. The maximum absolute atomic E-state index is 13.8. The fourth-order valence-corrected chi connectivity index (χ4v) is 4.76. The van der Waals surface area contributed by atoms with Crippen molar-refractivity contribution in [1.82, 2.24) is 4.90 Å². The Morgan fingerprint density at radius 2 is 1.88 bits per heavy atom. The van der Waals surface area contributed by atoms with E-state index in [9.17, 15) is 9.18 Å². The van der Waals surface area contributed by atoms with E-state index >= 15 is 0 Å². The largest absolute Gasteiger partial charge is 0.342 e. The number of likely N-dealkylation sites (N-methyl/N-ethyl adjacent to an activating group) is 1. The second-order valence-corrected chi connectivity index (χ2v) is 7.88. The Hall–Kier alpha value is -1.87. The molecule has 0 unspecified atom stereocenters. The number of carbonyl (C=O) groups excluding carboxylic acids is 1. The highest BCUT2D eigenvalue weighted by Crippen LogP contribution is 2.46. The molecule has 1 saturated heterocycles. The third-order valence-electron chi connectivity index (χ3n) is 6.12. The number of fused-ring (bicyclic) bond motifs is 3. The van der Waals surface area contributed by atoms with Crippen LogP contribution in [0, 0.1) is 5.82 Å². The van der Waals surface area contributed by atoms with Crippen LogP contribution in [0.3, 0.4) is 0 Å². The summed E-state index contributed by atoms with van der Waals surface area (Å²) in [6.45, 7) is 2.28. The predicted molar refractivity (Wildman–Crippen MR) is 98.3 cm³/mol. The Morgan fingerprint density at radius 1 is 1.16 bits per heavy atom. The normalized spacial score (nSPS) is 25.5. The Morgan fingerprint density at radius 3 is 2.64 bits per heavy atom. The molecule has 0 saturated carbocycles. The lowest BCUT2D eigenvalue weighted by Gasteiger charge is -2.50. The highest BCUT2D eigenvalue weighted by molar-refractivity contribution is 6.30. The van der Waals surface area contributed by atoms with E-state index in [1.807, 2.05) is 18.0 Å². The Bertz CT molecular complexity index is 865. The molecular formula is C21H21ClFNO. The number of carbonyl (C=O) groups is 1. The fourth-order valence-electron chi connectivity index (χ4n) is 4.64. The quantitative estimate of drug-likeness (QED) is 0.705. The summed E-state index contributed by atoms with van der Waals surface area (Å²) in [7, 11) is 1.93. The number of hydrogen-bond acceptors (Lipinski definition) is 1. The summed E-state index contributed by atoms with van der Waals surface area (Å²) >= 11 is 5.80. The van der Waals surface area contributed by atoms with E-state index < -0.39 is 5.82 Å². The Balaban J connectivity index is 1.75. The monoisotopic (exact) mass is 357 g/mol. The van der Waals surface area contributed by atoms with Crippen LogP contribution >= 0.6 is 11.6 Å². The number of amides is 1. The van der Waals surface area contributed by atoms with Gasteiger partial charge in [0.2, 0.25) is 5.91 Å². The molecule has 2 atom stereocenters. The molecular weight excluding hydrogens is 337 g/mol. The van der Waals surface area contributed by atoms with Gasteiger partial charge in [0.25, 0.3) is 0 Å². The average molecular weight is 358 g/mol. The van der Waals surface area contributed by atoms with Gasteiger partial charge in [-0.3, -0.25) is 4.79 Å². The third kappa shape index (κ3) is 2.56. The first-order chi connectivity index (χ1) is 11.9. The van der Waals surface area contributed by atoms with Crippen molar-refractivity contribution in [2.45, 2.75) is 44.1 Å². The lowest BCUT2D eigenvalue weighted by molar-refractivity contribution is -0.138.